The molecule has 21 heavy (non-hydrogen) atoms. The van der Waals surface area contributed by atoms with Gasteiger partial charge in [-0.2, -0.15) is 0 Å². The number of primary amides is 1. The average molecular weight is 298 g/mol. The maximum atomic E-state index is 12.6. The van der Waals surface area contributed by atoms with Crippen LogP contribution in [-0.2, 0) is 9.59 Å². The van der Waals surface area contributed by atoms with Gasteiger partial charge in [0.25, 0.3) is 5.91 Å². The van der Waals surface area contributed by atoms with E-state index in [0.29, 0.717) is 6.54 Å². The number of piperidine rings is 1. The number of quaternary nitrogens is 1. The third-order valence-corrected chi connectivity index (χ3v) is 4.92. The molecule has 0 spiro atoms. The second kappa shape index (κ2) is 8.37. The molecule has 0 aromatic carbocycles. The summed E-state index contributed by atoms with van der Waals surface area (Å²) in [6, 6.07) is 0.574. The molecular weight excluding hydrogens is 266 g/mol. The lowest BCUT2D eigenvalue weighted by molar-refractivity contribution is -0.898. The predicted molar refractivity (Wildman–Crippen MR) is 83.8 cm³/mol. The molecule has 3 N–H and O–H groups in total. The van der Waals surface area contributed by atoms with Crippen molar-refractivity contribution in [2.75, 3.05) is 19.6 Å². The molecule has 0 aromatic rings. The number of rotatable bonds is 7. The van der Waals surface area contributed by atoms with Crippen molar-refractivity contribution in [3.05, 3.63) is 0 Å². The topological polar surface area (TPSA) is 67.8 Å². The average Bonchev–Trinajstić information content (AvgIpc) is 2.47. The minimum Gasteiger partial charge on any atom is -0.369 e. The zero-order chi connectivity index (χ0) is 16.0. The largest absolute Gasteiger partial charge is 0.369 e. The van der Waals surface area contributed by atoms with Crippen LogP contribution in [0.4, 0.5) is 0 Å². The second-order valence-electron chi connectivity index (χ2n) is 6.42. The second-order valence-corrected chi connectivity index (χ2v) is 6.42. The summed E-state index contributed by atoms with van der Waals surface area (Å²) in [7, 11) is 0. The highest BCUT2D eigenvalue weighted by atomic mass is 16.2. The molecule has 1 fully saturated rings. The first kappa shape index (κ1) is 18.0. The van der Waals surface area contributed by atoms with Crippen molar-refractivity contribution in [1.82, 2.24) is 4.90 Å². The first-order chi connectivity index (χ1) is 9.90. The van der Waals surface area contributed by atoms with Gasteiger partial charge in [-0.05, 0) is 26.7 Å². The van der Waals surface area contributed by atoms with Crippen LogP contribution in [0.5, 0.6) is 0 Å². The van der Waals surface area contributed by atoms with Crippen LogP contribution in [0.1, 0.15) is 53.4 Å². The number of hydrogen-bond donors (Lipinski definition) is 2. The molecule has 1 aliphatic rings. The molecule has 5 heteroatoms. The standard InChI is InChI=1S/C16H31N3O2/c1-5-12(3)19(13(4)6-2)15(20)11-18-9-7-14(8-10-18)16(17)21/h12-14H,5-11H2,1-4H3,(H2,17,21)/p+1/t12-,13-/m1/s1. The van der Waals surface area contributed by atoms with Gasteiger partial charge in [0.05, 0.1) is 13.1 Å². The number of amides is 2. The summed E-state index contributed by atoms with van der Waals surface area (Å²) in [5.74, 6) is 0.0523. The number of carbonyl (C=O) groups excluding carboxylic acids is 2. The summed E-state index contributed by atoms with van der Waals surface area (Å²) < 4.78 is 0. The number of nitrogens with zero attached hydrogens (tertiary/aromatic N) is 1. The van der Waals surface area contributed by atoms with E-state index in [1.165, 1.54) is 4.90 Å². The van der Waals surface area contributed by atoms with E-state index in [1.807, 2.05) is 4.90 Å². The summed E-state index contributed by atoms with van der Waals surface area (Å²) in [5.41, 5.74) is 5.35. The van der Waals surface area contributed by atoms with E-state index in [2.05, 4.69) is 27.7 Å². The van der Waals surface area contributed by atoms with Crippen LogP contribution in [0.2, 0.25) is 0 Å². The Morgan fingerprint density at radius 1 is 1.14 bits per heavy atom. The van der Waals surface area contributed by atoms with E-state index >= 15 is 0 Å². The summed E-state index contributed by atoms with van der Waals surface area (Å²) in [6.07, 6.45) is 3.58. The Morgan fingerprint density at radius 3 is 2.00 bits per heavy atom. The first-order valence-electron chi connectivity index (χ1n) is 8.34. The van der Waals surface area contributed by atoms with Crippen molar-refractivity contribution in [3.63, 3.8) is 0 Å². The molecule has 0 unspecified atom stereocenters. The van der Waals surface area contributed by atoms with Gasteiger partial charge in [-0.25, -0.2) is 0 Å². The van der Waals surface area contributed by atoms with Crippen LogP contribution in [0.3, 0.4) is 0 Å². The summed E-state index contributed by atoms with van der Waals surface area (Å²) in [4.78, 5) is 27.2. The fourth-order valence-electron chi connectivity index (χ4n) is 3.11. The molecule has 0 bridgehead atoms. The highest BCUT2D eigenvalue weighted by Gasteiger charge is 2.30. The van der Waals surface area contributed by atoms with E-state index in [-0.39, 0.29) is 29.8 Å². The van der Waals surface area contributed by atoms with Crippen molar-refractivity contribution < 1.29 is 14.5 Å². The lowest BCUT2D eigenvalue weighted by Gasteiger charge is -2.35. The Bertz CT molecular complexity index is 341. The van der Waals surface area contributed by atoms with Crippen molar-refractivity contribution in [1.29, 1.82) is 0 Å². The molecule has 0 saturated carbocycles. The Balaban J connectivity index is 2.56. The lowest BCUT2D eigenvalue weighted by atomic mass is 9.96. The molecule has 2 atom stereocenters. The van der Waals surface area contributed by atoms with Crippen LogP contribution in [-0.4, -0.2) is 48.4 Å². The number of nitrogens with two attached hydrogens (primary N) is 1. The first-order valence-corrected chi connectivity index (χ1v) is 8.34. The Hall–Kier alpha value is -1.10. The van der Waals surface area contributed by atoms with E-state index < -0.39 is 0 Å². The summed E-state index contributed by atoms with van der Waals surface area (Å²) in [6.45, 7) is 10.8. The zero-order valence-electron chi connectivity index (χ0n) is 14.0. The fraction of sp³-hybridized carbons (Fsp3) is 0.875. The van der Waals surface area contributed by atoms with E-state index in [9.17, 15) is 9.59 Å². The minimum absolute atomic E-state index is 0.00378. The molecule has 2 amide bonds. The molecule has 0 aromatic heterocycles. The molecule has 5 nitrogen and oxygen atoms in total. The van der Waals surface area contributed by atoms with Gasteiger partial charge in [0.15, 0.2) is 6.54 Å². The van der Waals surface area contributed by atoms with Crippen LogP contribution >= 0.6 is 0 Å². The number of nitrogens with one attached hydrogen (secondary N) is 1. The van der Waals surface area contributed by atoms with Gasteiger partial charge in [0, 0.05) is 30.8 Å². The molecule has 1 aliphatic heterocycles. The number of likely N-dealkylation sites (tertiary alicyclic amines) is 1. The van der Waals surface area contributed by atoms with Crippen LogP contribution in [0.15, 0.2) is 0 Å². The molecular formula is C16H32N3O2+. The third-order valence-electron chi connectivity index (χ3n) is 4.92. The highest BCUT2D eigenvalue weighted by Crippen LogP contribution is 2.12. The van der Waals surface area contributed by atoms with Crippen molar-refractivity contribution in [2.45, 2.75) is 65.5 Å². The molecule has 0 aliphatic carbocycles. The van der Waals surface area contributed by atoms with Crippen LogP contribution < -0.4 is 10.6 Å². The van der Waals surface area contributed by atoms with Crippen molar-refractivity contribution in [2.24, 2.45) is 11.7 Å². The maximum Gasteiger partial charge on any atom is 0.278 e. The number of carbonyl (C=O) groups is 2. The minimum atomic E-state index is -0.193. The molecule has 1 saturated heterocycles. The van der Waals surface area contributed by atoms with Gasteiger partial charge in [-0.3, -0.25) is 9.59 Å². The Kier molecular flexibility index (Phi) is 7.15. The lowest BCUT2D eigenvalue weighted by Crippen LogP contribution is -3.14. The highest BCUT2D eigenvalue weighted by molar-refractivity contribution is 5.78. The van der Waals surface area contributed by atoms with Crippen LogP contribution in [0, 0.1) is 5.92 Å². The van der Waals surface area contributed by atoms with E-state index in [1.54, 1.807) is 0 Å². The smallest absolute Gasteiger partial charge is 0.278 e. The van der Waals surface area contributed by atoms with Gasteiger partial charge in [-0.15, -0.1) is 0 Å². The Labute approximate surface area is 128 Å². The monoisotopic (exact) mass is 298 g/mol. The molecule has 1 heterocycles. The molecule has 0 radical (unpaired) electrons. The van der Waals surface area contributed by atoms with E-state index in [4.69, 9.17) is 5.73 Å². The normalized spacial score (nSPS) is 25.1. The number of hydrogen-bond acceptors (Lipinski definition) is 2. The van der Waals surface area contributed by atoms with Crippen molar-refractivity contribution in [3.8, 4) is 0 Å². The van der Waals surface area contributed by atoms with Gasteiger partial charge in [-0.1, -0.05) is 13.8 Å². The van der Waals surface area contributed by atoms with Crippen LogP contribution in [0.25, 0.3) is 0 Å². The predicted octanol–water partition coefficient (Wildman–Crippen LogP) is 0.192. The van der Waals surface area contributed by atoms with Gasteiger partial charge in [0.1, 0.15) is 0 Å². The molecule has 122 valence electrons. The van der Waals surface area contributed by atoms with Gasteiger partial charge in [0.2, 0.25) is 5.91 Å². The summed E-state index contributed by atoms with van der Waals surface area (Å²) >= 11 is 0. The third kappa shape index (κ3) is 4.99. The van der Waals surface area contributed by atoms with E-state index in [0.717, 1.165) is 38.8 Å². The maximum absolute atomic E-state index is 12.6. The molecule has 1 rings (SSSR count). The van der Waals surface area contributed by atoms with Crippen molar-refractivity contribution >= 4 is 11.8 Å². The SMILES string of the molecule is CC[C@@H](C)N(C(=O)C[NH+]1CCC(C(N)=O)CC1)[C@H](C)CC. The quantitative estimate of drug-likeness (QED) is 0.705. The zero-order valence-corrected chi connectivity index (χ0v) is 14.0. The fourth-order valence-corrected chi connectivity index (χ4v) is 3.11. The van der Waals surface area contributed by atoms with Gasteiger partial charge >= 0.3 is 0 Å². The van der Waals surface area contributed by atoms with Gasteiger partial charge < -0.3 is 15.5 Å². The Morgan fingerprint density at radius 2 is 1.62 bits per heavy atom. The summed E-state index contributed by atoms with van der Waals surface area (Å²) in [5, 5.41) is 0.